The molecule has 1 unspecified atom stereocenters. The lowest BCUT2D eigenvalue weighted by molar-refractivity contribution is -0.160. The van der Waals surface area contributed by atoms with Crippen LogP contribution in [0.5, 0.6) is 0 Å². The Kier molecular flexibility index (Phi) is 2.97. The first kappa shape index (κ1) is 11.9. The second-order valence-corrected chi connectivity index (χ2v) is 5.81. The summed E-state index contributed by atoms with van der Waals surface area (Å²) in [4.78, 5) is 11.4. The molecule has 0 amide bonds. The highest BCUT2D eigenvalue weighted by Gasteiger charge is 2.58. The van der Waals surface area contributed by atoms with Gasteiger partial charge in [-0.1, -0.05) is 13.8 Å². The molecular formula is C13H21FO2. The number of esters is 1. The van der Waals surface area contributed by atoms with Gasteiger partial charge in [0.25, 0.3) is 0 Å². The third-order valence-electron chi connectivity index (χ3n) is 4.70. The van der Waals surface area contributed by atoms with E-state index in [-0.39, 0.29) is 29.6 Å². The summed E-state index contributed by atoms with van der Waals surface area (Å²) in [7, 11) is 0. The van der Waals surface area contributed by atoms with E-state index in [0.29, 0.717) is 12.5 Å². The van der Waals surface area contributed by atoms with Crippen LogP contribution in [0.1, 0.15) is 40.0 Å². The third-order valence-corrected chi connectivity index (χ3v) is 4.70. The Morgan fingerprint density at radius 3 is 2.62 bits per heavy atom. The maximum absolute atomic E-state index is 14.2. The Morgan fingerprint density at radius 2 is 2.12 bits per heavy atom. The van der Waals surface area contributed by atoms with Gasteiger partial charge in [-0.05, 0) is 37.0 Å². The van der Waals surface area contributed by atoms with Crippen LogP contribution in [0.2, 0.25) is 0 Å². The Labute approximate surface area is 96.5 Å². The zero-order valence-corrected chi connectivity index (χ0v) is 10.3. The maximum Gasteiger partial charge on any atom is 0.306 e. The smallest absolute Gasteiger partial charge is 0.306 e. The molecule has 0 aromatic rings. The van der Waals surface area contributed by atoms with E-state index in [0.717, 1.165) is 12.8 Å². The minimum absolute atomic E-state index is 0.101. The fourth-order valence-electron chi connectivity index (χ4n) is 3.45. The summed E-state index contributed by atoms with van der Waals surface area (Å²) in [5, 5.41) is 0. The number of rotatable bonds is 3. The number of alkyl halides is 1. The van der Waals surface area contributed by atoms with Gasteiger partial charge in [0.1, 0.15) is 6.17 Å². The van der Waals surface area contributed by atoms with Crippen molar-refractivity contribution >= 4 is 5.97 Å². The minimum atomic E-state index is -0.815. The van der Waals surface area contributed by atoms with Crippen LogP contribution in [-0.4, -0.2) is 18.7 Å². The van der Waals surface area contributed by atoms with Gasteiger partial charge in [-0.3, -0.25) is 4.79 Å². The van der Waals surface area contributed by atoms with Crippen LogP contribution in [0.25, 0.3) is 0 Å². The van der Waals surface area contributed by atoms with E-state index >= 15 is 0 Å². The lowest BCUT2D eigenvalue weighted by Crippen LogP contribution is -2.57. The topological polar surface area (TPSA) is 26.3 Å². The van der Waals surface area contributed by atoms with Crippen molar-refractivity contribution < 1.29 is 13.9 Å². The maximum atomic E-state index is 14.2. The van der Waals surface area contributed by atoms with Crippen molar-refractivity contribution in [3.05, 3.63) is 0 Å². The summed E-state index contributed by atoms with van der Waals surface area (Å²) in [5.41, 5.74) is 0.143. The van der Waals surface area contributed by atoms with E-state index in [9.17, 15) is 9.18 Å². The fourth-order valence-corrected chi connectivity index (χ4v) is 3.45. The summed E-state index contributed by atoms with van der Waals surface area (Å²) in [6.07, 6.45) is 1.30. The van der Waals surface area contributed by atoms with Crippen molar-refractivity contribution in [2.75, 3.05) is 6.61 Å². The van der Waals surface area contributed by atoms with Crippen molar-refractivity contribution in [1.82, 2.24) is 0 Å². The standard InChI is InChI=1S/C13H21FO2/c1-4-16-11(15)6-8-5-9-7-10(12(8)14)13(9,2)3/h8-10,12H,4-7H2,1-3H3/t8-,9+,10+,12?/m1/s1. The van der Waals surface area contributed by atoms with Crippen molar-refractivity contribution in [2.45, 2.75) is 46.2 Å². The Balaban J connectivity index is 1.93. The first-order valence-electron chi connectivity index (χ1n) is 6.26. The number of ether oxygens (including phenoxy) is 1. The highest BCUT2D eigenvalue weighted by molar-refractivity contribution is 5.69. The van der Waals surface area contributed by atoms with Crippen LogP contribution in [0, 0.1) is 23.2 Å². The van der Waals surface area contributed by atoms with E-state index in [1.807, 2.05) is 0 Å². The minimum Gasteiger partial charge on any atom is -0.466 e. The highest BCUT2D eigenvalue weighted by Crippen LogP contribution is 2.62. The van der Waals surface area contributed by atoms with Crippen LogP contribution >= 0.6 is 0 Å². The number of carbonyl (C=O) groups excluding carboxylic acids is 1. The average Bonchev–Trinajstić information content (AvgIpc) is 2.20. The Bertz CT molecular complexity index is 288. The lowest BCUT2D eigenvalue weighted by Gasteiger charge is -2.60. The van der Waals surface area contributed by atoms with Gasteiger partial charge in [-0.25, -0.2) is 4.39 Å². The molecule has 0 radical (unpaired) electrons. The molecule has 0 aliphatic heterocycles. The molecule has 16 heavy (non-hydrogen) atoms. The third kappa shape index (κ3) is 1.74. The van der Waals surface area contributed by atoms with Gasteiger partial charge in [-0.15, -0.1) is 0 Å². The quantitative estimate of drug-likeness (QED) is 0.694. The van der Waals surface area contributed by atoms with Crippen LogP contribution in [-0.2, 0) is 9.53 Å². The van der Waals surface area contributed by atoms with Gasteiger partial charge in [-0.2, -0.15) is 0 Å². The Hall–Kier alpha value is -0.600. The zero-order chi connectivity index (χ0) is 11.9. The molecule has 0 N–H and O–H groups in total. The molecule has 3 aliphatic carbocycles. The molecule has 3 heteroatoms. The lowest BCUT2D eigenvalue weighted by atomic mass is 9.46. The summed E-state index contributed by atoms with van der Waals surface area (Å²) < 4.78 is 19.1. The molecular weight excluding hydrogens is 207 g/mol. The molecule has 3 saturated carbocycles. The van der Waals surface area contributed by atoms with Crippen LogP contribution < -0.4 is 0 Å². The summed E-state index contributed by atoms with van der Waals surface area (Å²) in [6.45, 7) is 6.48. The van der Waals surface area contributed by atoms with Crippen LogP contribution in [0.3, 0.4) is 0 Å². The molecule has 2 nitrogen and oxygen atoms in total. The van der Waals surface area contributed by atoms with Gasteiger partial charge < -0.3 is 4.74 Å². The monoisotopic (exact) mass is 228 g/mol. The van der Waals surface area contributed by atoms with Crippen molar-refractivity contribution in [1.29, 1.82) is 0 Å². The van der Waals surface area contributed by atoms with Crippen molar-refractivity contribution in [3.8, 4) is 0 Å². The summed E-state index contributed by atoms with van der Waals surface area (Å²) in [6, 6.07) is 0. The Morgan fingerprint density at radius 1 is 1.44 bits per heavy atom. The van der Waals surface area contributed by atoms with E-state index in [4.69, 9.17) is 4.74 Å². The van der Waals surface area contributed by atoms with Crippen molar-refractivity contribution in [3.63, 3.8) is 0 Å². The van der Waals surface area contributed by atoms with E-state index in [1.165, 1.54) is 0 Å². The molecule has 3 rings (SSSR count). The predicted molar refractivity (Wildman–Crippen MR) is 59.6 cm³/mol. The molecule has 0 aromatic carbocycles. The normalized spacial score (nSPS) is 40.0. The van der Waals surface area contributed by atoms with E-state index in [1.54, 1.807) is 6.92 Å². The molecule has 92 valence electrons. The molecule has 4 atom stereocenters. The first-order chi connectivity index (χ1) is 7.46. The second-order valence-electron chi connectivity index (χ2n) is 5.81. The van der Waals surface area contributed by atoms with E-state index in [2.05, 4.69) is 13.8 Å². The van der Waals surface area contributed by atoms with Gasteiger partial charge in [0, 0.05) is 5.92 Å². The summed E-state index contributed by atoms with van der Waals surface area (Å²) in [5.74, 6) is 0.416. The second kappa shape index (κ2) is 4.01. The number of fused-ring (bicyclic) bond motifs is 2. The van der Waals surface area contributed by atoms with Gasteiger partial charge in [0.15, 0.2) is 0 Å². The number of hydrogen-bond donors (Lipinski definition) is 0. The number of hydrogen-bond acceptors (Lipinski definition) is 2. The first-order valence-corrected chi connectivity index (χ1v) is 6.26. The van der Waals surface area contributed by atoms with Gasteiger partial charge >= 0.3 is 5.97 Å². The largest absolute Gasteiger partial charge is 0.466 e. The van der Waals surface area contributed by atoms with Crippen molar-refractivity contribution in [2.24, 2.45) is 23.2 Å². The van der Waals surface area contributed by atoms with Crippen LogP contribution in [0.4, 0.5) is 4.39 Å². The molecule has 3 aliphatic rings. The predicted octanol–water partition coefficient (Wildman–Crippen LogP) is 2.96. The molecule has 2 bridgehead atoms. The number of halogens is 1. The molecule has 0 spiro atoms. The van der Waals surface area contributed by atoms with Gasteiger partial charge in [0.05, 0.1) is 13.0 Å². The molecule has 3 fully saturated rings. The fraction of sp³-hybridized carbons (Fsp3) is 0.923. The molecule has 0 saturated heterocycles. The zero-order valence-electron chi connectivity index (χ0n) is 10.3. The molecule has 0 heterocycles. The SMILES string of the molecule is CCOC(=O)C[C@H]1C[C@H]2C[C@@H](C1F)C2(C)C. The highest BCUT2D eigenvalue weighted by atomic mass is 19.1. The number of carbonyl (C=O) groups is 1. The van der Waals surface area contributed by atoms with Gasteiger partial charge in [0.2, 0.25) is 0 Å². The van der Waals surface area contributed by atoms with E-state index < -0.39 is 6.17 Å². The molecule has 0 aromatic heterocycles. The summed E-state index contributed by atoms with van der Waals surface area (Å²) >= 11 is 0. The average molecular weight is 228 g/mol. The van der Waals surface area contributed by atoms with Crippen LogP contribution in [0.15, 0.2) is 0 Å².